The Morgan fingerprint density at radius 1 is 1.21 bits per heavy atom. The highest BCUT2D eigenvalue weighted by Gasteiger charge is 2.10. The summed E-state index contributed by atoms with van der Waals surface area (Å²) in [5.41, 5.74) is 2.50. The molecule has 2 aromatic rings. The number of nitro groups is 1. The number of benzene rings is 2. The van der Waals surface area contributed by atoms with Crippen molar-refractivity contribution in [3.05, 3.63) is 63.7 Å². The Bertz CT molecular complexity index is 745. The Kier molecular flexibility index (Phi) is 5.94. The van der Waals surface area contributed by atoms with Crippen LogP contribution in [0.25, 0.3) is 0 Å². The molecule has 1 N–H and O–H groups in total. The molecule has 0 saturated carbocycles. The third kappa shape index (κ3) is 5.07. The molecule has 0 radical (unpaired) electrons. The van der Waals surface area contributed by atoms with E-state index in [0.29, 0.717) is 0 Å². The van der Waals surface area contributed by atoms with Gasteiger partial charge in [-0.05, 0) is 56.2 Å². The van der Waals surface area contributed by atoms with Gasteiger partial charge in [0.1, 0.15) is 0 Å². The van der Waals surface area contributed by atoms with Crippen LogP contribution < -0.4 is 5.32 Å². The van der Waals surface area contributed by atoms with E-state index in [1.807, 2.05) is 43.5 Å². The number of hydrogen-bond acceptors (Lipinski definition) is 5. The molecule has 0 unspecified atom stereocenters. The molecule has 6 nitrogen and oxygen atoms in total. The van der Waals surface area contributed by atoms with Crippen molar-refractivity contribution < 1.29 is 9.72 Å². The van der Waals surface area contributed by atoms with Gasteiger partial charge in [0.15, 0.2) is 0 Å². The summed E-state index contributed by atoms with van der Waals surface area (Å²) in [5.74, 6) is -0.154. The van der Waals surface area contributed by atoms with Crippen molar-refractivity contribution in [1.82, 2.24) is 4.31 Å². The van der Waals surface area contributed by atoms with E-state index < -0.39 is 4.92 Å². The molecule has 0 aliphatic heterocycles. The molecule has 24 heavy (non-hydrogen) atoms. The second kappa shape index (κ2) is 7.94. The number of nitrogens with zero attached hydrogens (tertiary/aromatic N) is 2. The molecule has 0 spiro atoms. The van der Waals surface area contributed by atoms with Crippen molar-refractivity contribution in [3.63, 3.8) is 0 Å². The zero-order chi connectivity index (χ0) is 17.7. The largest absolute Gasteiger partial charge is 0.326 e. The molecule has 0 heterocycles. The van der Waals surface area contributed by atoms with E-state index in [4.69, 9.17) is 0 Å². The maximum atomic E-state index is 12.2. The summed E-state index contributed by atoms with van der Waals surface area (Å²) in [6, 6.07) is 11.9. The highest BCUT2D eigenvalue weighted by Crippen LogP contribution is 2.26. The second-order valence-corrected chi connectivity index (χ2v) is 6.91. The third-order valence-electron chi connectivity index (χ3n) is 3.28. The first-order valence-electron chi connectivity index (χ1n) is 7.34. The van der Waals surface area contributed by atoms with Crippen LogP contribution in [-0.4, -0.2) is 29.2 Å². The summed E-state index contributed by atoms with van der Waals surface area (Å²) < 4.78 is 1.98. The summed E-state index contributed by atoms with van der Waals surface area (Å²) in [5, 5.41) is 13.5. The van der Waals surface area contributed by atoms with Gasteiger partial charge in [0, 0.05) is 22.7 Å². The molecule has 2 rings (SSSR count). The number of rotatable bonds is 6. The maximum Gasteiger partial charge on any atom is 0.269 e. The normalized spacial score (nSPS) is 10.7. The number of amides is 1. The zero-order valence-corrected chi connectivity index (χ0v) is 14.6. The van der Waals surface area contributed by atoms with Crippen LogP contribution in [0.5, 0.6) is 0 Å². The number of nitro benzene ring substituents is 1. The van der Waals surface area contributed by atoms with Crippen molar-refractivity contribution >= 4 is 29.2 Å². The molecule has 2 aromatic carbocycles. The summed E-state index contributed by atoms with van der Waals surface area (Å²) in [7, 11) is 3.91. The summed E-state index contributed by atoms with van der Waals surface area (Å²) in [6.45, 7) is 1.94. The van der Waals surface area contributed by atoms with Gasteiger partial charge in [-0.15, -0.1) is 0 Å². The molecule has 0 aliphatic carbocycles. The minimum Gasteiger partial charge on any atom is -0.326 e. The van der Waals surface area contributed by atoms with E-state index >= 15 is 0 Å². The average molecular weight is 345 g/mol. The van der Waals surface area contributed by atoms with E-state index in [1.54, 1.807) is 24.1 Å². The van der Waals surface area contributed by atoms with E-state index in [2.05, 4.69) is 5.32 Å². The highest BCUT2D eigenvalue weighted by atomic mass is 32.2. The van der Waals surface area contributed by atoms with E-state index in [9.17, 15) is 14.9 Å². The molecule has 126 valence electrons. The zero-order valence-electron chi connectivity index (χ0n) is 13.8. The molecule has 1 amide bonds. The van der Waals surface area contributed by atoms with E-state index in [-0.39, 0.29) is 18.0 Å². The van der Waals surface area contributed by atoms with Crippen molar-refractivity contribution in [2.24, 2.45) is 0 Å². The quantitative estimate of drug-likeness (QED) is 0.491. The van der Waals surface area contributed by atoms with Crippen LogP contribution in [0.15, 0.2) is 47.4 Å². The van der Waals surface area contributed by atoms with Gasteiger partial charge in [0.25, 0.3) is 5.69 Å². The second-order valence-electron chi connectivity index (χ2n) is 5.53. The molecular formula is C17H19N3O3S. The van der Waals surface area contributed by atoms with Crippen molar-refractivity contribution in [1.29, 1.82) is 0 Å². The maximum absolute atomic E-state index is 12.2. The Hall–Kier alpha value is -2.38. The van der Waals surface area contributed by atoms with Crippen LogP contribution in [0.4, 0.5) is 11.4 Å². The minimum absolute atomic E-state index is 0.0171. The standard InChI is InChI=1S/C17H19N3O3S/c1-12-4-9-15(24-19(2)3)11-16(12)18-17(21)10-13-5-7-14(8-6-13)20(22)23/h4-9,11H,10H2,1-3H3,(H,18,21). The number of aryl methyl sites for hydroxylation is 1. The van der Waals surface area contributed by atoms with Gasteiger partial charge >= 0.3 is 0 Å². The Morgan fingerprint density at radius 3 is 2.46 bits per heavy atom. The van der Waals surface area contributed by atoms with Crippen LogP contribution in [0, 0.1) is 17.0 Å². The Balaban J connectivity index is 2.05. The van der Waals surface area contributed by atoms with Gasteiger partial charge < -0.3 is 5.32 Å². The van der Waals surface area contributed by atoms with Crippen LogP contribution in [0.3, 0.4) is 0 Å². The number of nitrogens with one attached hydrogen (secondary N) is 1. The van der Waals surface area contributed by atoms with Gasteiger partial charge in [-0.3, -0.25) is 19.2 Å². The molecule has 0 bridgehead atoms. The Labute approximate surface area is 145 Å². The van der Waals surface area contributed by atoms with E-state index in [0.717, 1.165) is 21.7 Å². The fourth-order valence-corrected chi connectivity index (χ4v) is 2.84. The van der Waals surface area contributed by atoms with Crippen molar-refractivity contribution in [2.45, 2.75) is 18.2 Å². The molecule has 0 fully saturated rings. The number of anilines is 1. The predicted octanol–water partition coefficient (Wildman–Crippen LogP) is 3.65. The van der Waals surface area contributed by atoms with E-state index in [1.165, 1.54) is 12.1 Å². The van der Waals surface area contributed by atoms with Crippen LogP contribution in [-0.2, 0) is 11.2 Å². The minimum atomic E-state index is -0.457. The first-order valence-corrected chi connectivity index (χ1v) is 8.11. The lowest BCUT2D eigenvalue weighted by Crippen LogP contribution is -2.15. The summed E-state index contributed by atoms with van der Waals surface area (Å²) >= 11 is 1.57. The molecular weight excluding hydrogens is 326 g/mol. The van der Waals surface area contributed by atoms with Gasteiger partial charge in [-0.2, -0.15) is 0 Å². The molecule has 0 saturated heterocycles. The molecule has 7 heteroatoms. The Morgan fingerprint density at radius 2 is 1.88 bits per heavy atom. The first kappa shape index (κ1) is 18.0. The smallest absolute Gasteiger partial charge is 0.269 e. The fraction of sp³-hybridized carbons (Fsp3) is 0.235. The van der Waals surface area contributed by atoms with Gasteiger partial charge in [-0.25, -0.2) is 0 Å². The van der Waals surface area contributed by atoms with Gasteiger partial charge in [-0.1, -0.05) is 18.2 Å². The molecule has 0 atom stereocenters. The summed E-state index contributed by atoms with van der Waals surface area (Å²) in [4.78, 5) is 23.4. The average Bonchev–Trinajstić information content (AvgIpc) is 2.50. The number of carbonyl (C=O) groups is 1. The van der Waals surface area contributed by atoms with Crippen LogP contribution in [0.1, 0.15) is 11.1 Å². The third-order valence-corrected chi connectivity index (χ3v) is 4.11. The van der Waals surface area contributed by atoms with Crippen molar-refractivity contribution in [3.8, 4) is 0 Å². The predicted molar refractivity (Wildman–Crippen MR) is 96.2 cm³/mol. The lowest BCUT2D eigenvalue weighted by atomic mass is 10.1. The van der Waals surface area contributed by atoms with Crippen molar-refractivity contribution in [2.75, 3.05) is 19.4 Å². The summed E-state index contributed by atoms with van der Waals surface area (Å²) in [6.07, 6.45) is 0.169. The van der Waals surface area contributed by atoms with Crippen LogP contribution >= 0.6 is 11.9 Å². The lowest BCUT2D eigenvalue weighted by molar-refractivity contribution is -0.384. The number of hydrogen-bond donors (Lipinski definition) is 1. The molecule has 0 aromatic heterocycles. The lowest BCUT2D eigenvalue weighted by Gasteiger charge is -2.13. The van der Waals surface area contributed by atoms with Gasteiger partial charge in [0.05, 0.1) is 11.3 Å². The number of non-ortho nitro benzene ring substituents is 1. The SMILES string of the molecule is Cc1ccc(SN(C)C)cc1NC(=O)Cc1ccc([N+](=O)[O-])cc1. The first-order chi connectivity index (χ1) is 11.3. The van der Waals surface area contributed by atoms with Crippen LogP contribution in [0.2, 0.25) is 0 Å². The van der Waals surface area contributed by atoms with Gasteiger partial charge in [0.2, 0.25) is 5.91 Å². The molecule has 0 aliphatic rings. The highest BCUT2D eigenvalue weighted by molar-refractivity contribution is 7.97. The topological polar surface area (TPSA) is 75.5 Å². The fourth-order valence-electron chi connectivity index (χ4n) is 2.12. The number of carbonyl (C=O) groups excluding carboxylic acids is 1. The monoisotopic (exact) mass is 345 g/mol.